The van der Waals surface area contributed by atoms with Crippen LogP contribution >= 0.6 is 0 Å². The highest BCUT2D eigenvalue weighted by molar-refractivity contribution is 7.86. The Morgan fingerprint density at radius 3 is 2.32 bits per heavy atom. The zero-order valence-corrected chi connectivity index (χ0v) is 11.9. The van der Waals surface area contributed by atoms with Gasteiger partial charge in [0.05, 0.1) is 10.6 Å². The highest BCUT2D eigenvalue weighted by Gasteiger charge is 2.09. The van der Waals surface area contributed by atoms with E-state index < -0.39 is 11.0 Å². The van der Waals surface area contributed by atoms with Crippen LogP contribution in [-0.4, -0.2) is 4.21 Å². The lowest BCUT2D eigenvalue weighted by molar-refractivity contribution is 0.686. The number of nitrogens with one attached hydrogen (secondary N) is 1. The van der Waals surface area contributed by atoms with Crippen LogP contribution in [0.3, 0.4) is 0 Å². The van der Waals surface area contributed by atoms with E-state index in [1.165, 1.54) is 0 Å². The molecule has 0 aliphatic carbocycles. The van der Waals surface area contributed by atoms with Crippen molar-refractivity contribution in [3.63, 3.8) is 0 Å². The number of hydrogen-bond acceptors (Lipinski definition) is 2. The molecular formula is C15H18N2OS. The molecule has 100 valence electrons. The summed E-state index contributed by atoms with van der Waals surface area (Å²) in [5, 5.41) is 0. The first kappa shape index (κ1) is 13.6. The van der Waals surface area contributed by atoms with Gasteiger partial charge in [0.25, 0.3) is 0 Å². The molecule has 0 spiro atoms. The van der Waals surface area contributed by atoms with Crippen molar-refractivity contribution in [3.8, 4) is 0 Å². The third-order valence-corrected chi connectivity index (χ3v) is 3.99. The van der Waals surface area contributed by atoms with Crippen LogP contribution in [0.25, 0.3) is 0 Å². The van der Waals surface area contributed by atoms with Gasteiger partial charge in [-0.3, -0.25) is 0 Å². The zero-order valence-electron chi connectivity index (χ0n) is 11.1. The normalized spacial score (nSPS) is 12.4. The van der Waals surface area contributed by atoms with E-state index in [2.05, 4.69) is 18.6 Å². The molecule has 19 heavy (non-hydrogen) atoms. The number of rotatable bonds is 4. The fraction of sp³-hybridized carbons (Fsp3) is 0.200. The molecule has 1 atom stereocenters. The number of hydrogen-bond donors (Lipinski definition) is 2. The minimum atomic E-state index is -1.28. The standard InChI is InChI=1S/C15H18N2OS/c1-11(2)14-5-3-4-6-15(14)17-19(18)13-9-7-12(16)8-10-13/h3-11,17H,16H2,1-2H3. The second-order valence-electron chi connectivity index (χ2n) is 4.68. The number of anilines is 2. The van der Waals surface area contributed by atoms with Crippen molar-refractivity contribution in [2.75, 3.05) is 10.5 Å². The molecule has 0 bridgehead atoms. The van der Waals surface area contributed by atoms with Gasteiger partial charge in [-0.2, -0.15) is 0 Å². The van der Waals surface area contributed by atoms with E-state index in [9.17, 15) is 4.21 Å². The average Bonchev–Trinajstić information content (AvgIpc) is 2.39. The number of nitrogens with two attached hydrogens (primary N) is 1. The third kappa shape index (κ3) is 3.35. The van der Waals surface area contributed by atoms with E-state index >= 15 is 0 Å². The fourth-order valence-corrected chi connectivity index (χ4v) is 2.73. The number of benzene rings is 2. The van der Waals surface area contributed by atoms with E-state index in [4.69, 9.17) is 5.73 Å². The highest BCUT2D eigenvalue weighted by atomic mass is 32.2. The summed E-state index contributed by atoms with van der Waals surface area (Å²) in [5.74, 6) is 0.382. The topological polar surface area (TPSA) is 55.1 Å². The monoisotopic (exact) mass is 274 g/mol. The molecular weight excluding hydrogens is 256 g/mol. The summed E-state index contributed by atoms with van der Waals surface area (Å²) in [5.41, 5.74) is 8.36. The van der Waals surface area contributed by atoms with Crippen molar-refractivity contribution in [1.82, 2.24) is 0 Å². The molecule has 0 aromatic heterocycles. The van der Waals surface area contributed by atoms with Gasteiger partial charge < -0.3 is 10.5 Å². The van der Waals surface area contributed by atoms with Gasteiger partial charge in [-0.15, -0.1) is 0 Å². The Hall–Kier alpha value is -1.81. The maximum atomic E-state index is 12.3. The zero-order chi connectivity index (χ0) is 13.8. The highest BCUT2D eigenvalue weighted by Crippen LogP contribution is 2.25. The fourth-order valence-electron chi connectivity index (χ4n) is 1.84. The van der Waals surface area contributed by atoms with E-state index in [0.29, 0.717) is 16.5 Å². The summed E-state index contributed by atoms with van der Waals surface area (Å²) in [4.78, 5) is 0.716. The lowest BCUT2D eigenvalue weighted by atomic mass is 10.0. The Kier molecular flexibility index (Phi) is 4.22. The minimum Gasteiger partial charge on any atom is -0.399 e. The van der Waals surface area contributed by atoms with Crippen LogP contribution in [-0.2, 0) is 11.0 Å². The molecule has 2 aromatic carbocycles. The van der Waals surface area contributed by atoms with Crippen molar-refractivity contribution < 1.29 is 4.21 Å². The summed E-state index contributed by atoms with van der Waals surface area (Å²) in [6.07, 6.45) is 0. The van der Waals surface area contributed by atoms with Crippen molar-refractivity contribution in [2.24, 2.45) is 0 Å². The second kappa shape index (κ2) is 5.89. The van der Waals surface area contributed by atoms with Crippen LogP contribution in [0.2, 0.25) is 0 Å². The summed E-state index contributed by atoms with van der Waals surface area (Å²) in [6.45, 7) is 4.24. The Morgan fingerprint density at radius 1 is 1.05 bits per heavy atom. The van der Waals surface area contributed by atoms with E-state index in [1.54, 1.807) is 24.3 Å². The Labute approximate surface area is 116 Å². The predicted molar refractivity (Wildman–Crippen MR) is 81.4 cm³/mol. The Bertz CT molecular complexity index is 579. The summed E-state index contributed by atoms with van der Waals surface area (Å²) in [7, 11) is -1.28. The molecule has 4 heteroatoms. The average molecular weight is 274 g/mol. The maximum Gasteiger partial charge on any atom is 0.150 e. The predicted octanol–water partition coefficient (Wildman–Crippen LogP) is 3.53. The van der Waals surface area contributed by atoms with Crippen LogP contribution in [0, 0.1) is 0 Å². The first-order chi connectivity index (χ1) is 9.08. The summed E-state index contributed by atoms with van der Waals surface area (Å²) < 4.78 is 15.3. The lowest BCUT2D eigenvalue weighted by Gasteiger charge is -2.14. The molecule has 0 heterocycles. The minimum absolute atomic E-state index is 0.382. The molecule has 0 saturated carbocycles. The Balaban J connectivity index is 2.22. The van der Waals surface area contributed by atoms with Crippen molar-refractivity contribution in [1.29, 1.82) is 0 Å². The van der Waals surface area contributed by atoms with Crippen molar-refractivity contribution in [3.05, 3.63) is 54.1 Å². The molecule has 0 aliphatic heterocycles. The summed E-state index contributed by atoms with van der Waals surface area (Å²) in [6, 6.07) is 15.0. The molecule has 1 unspecified atom stereocenters. The molecule has 3 N–H and O–H groups in total. The van der Waals surface area contributed by atoms with Gasteiger partial charge in [-0.25, -0.2) is 4.21 Å². The Morgan fingerprint density at radius 2 is 1.68 bits per heavy atom. The van der Waals surface area contributed by atoms with Gasteiger partial charge in [0.15, 0.2) is 0 Å². The van der Waals surface area contributed by atoms with Crippen LogP contribution in [0.15, 0.2) is 53.4 Å². The van der Waals surface area contributed by atoms with E-state index in [0.717, 1.165) is 11.3 Å². The van der Waals surface area contributed by atoms with Crippen LogP contribution in [0.1, 0.15) is 25.3 Å². The van der Waals surface area contributed by atoms with Gasteiger partial charge in [0.1, 0.15) is 11.0 Å². The van der Waals surface area contributed by atoms with Gasteiger partial charge >= 0.3 is 0 Å². The van der Waals surface area contributed by atoms with Crippen LogP contribution < -0.4 is 10.5 Å². The largest absolute Gasteiger partial charge is 0.399 e. The molecule has 0 saturated heterocycles. The number of nitrogen functional groups attached to an aromatic ring is 1. The SMILES string of the molecule is CC(C)c1ccccc1NS(=O)c1ccc(N)cc1. The second-order valence-corrected chi connectivity index (χ2v) is 5.89. The number of para-hydroxylation sites is 1. The van der Waals surface area contributed by atoms with Crippen LogP contribution in [0.4, 0.5) is 11.4 Å². The van der Waals surface area contributed by atoms with Crippen molar-refractivity contribution >= 4 is 22.4 Å². The first-order valence-corrected chi connectivity index (χ1v) is 7.36. The molecule has 0 radical (unpaired) electrons. The van der Waals surface area contributed by atoms with Crippen LogP contribution in [0.5, 0.6) is 0 Å². The van der Waals surface area contributed by atoms with Gasteiger partial charge in [0, 0.05) is 5.69 Å². The lowest BCUT2D eigenvalue weighted by Crippen LogP contribution is -2.07. The molecule has 0 fully saturated rings. The van der Waals surface area contributed by atoms with Crippen molar-refractivity contribution in [2.45, 2.75) is 24.7 Å². The van der Waals surface area contributed by atoms with Gasteiger partial charge in [-0.1, -0.05) is 32.0 Å². The van der Waals surface area contributed by atoms with Gasteiger partial charge in [-0.05, 0) is 41.8 Å². The molecule has 2 aromatic rings. The molecule has 3 nitrogen and oxygen atoms in total. The molecule has 0 aliphatic rings. The molecule has 0 amide bonds. The first-order valence-electron chi connectivity index (χ1n) is 6.21. The van der Waals surface area contributed by atoms with E-state index in [-0.39, 0.29) is 0 Å². The smallest absolute Gasteiger partial charge is 0.150 e. The quantitative estimate of drug-likeness (QED) is 0.838. The van der Waals surface area contributed by atoms with E-state index in [1.807, 2.05) is 24.3 Å². The third-order valence-electron chi connectivity index (χ3n) is 2.88. The maximum absolute atomic E-state index is 12.3. The van der Waals surface area contributed by atoms with Gasteiger partial charge in [0.2, 0.25) is 0 Å². The summed E-state index contributed by atoms with van der Waals surface area (Å²) >= 11 is 0. The molecule has 2 rings (SSSR count).